The van der Waals surface area contributed by atoms with E-state index >= 15 is 0 Å². The Balaban J connectivity index is 2.80. The fraction of sp³-hybridized carbons (Fsp3) is 0.400. The Labute approximate surface area is 97.8 Å². The van der Waals surface area contributed by atoms with E-state index in [0.29, 0.717) is 11.8 Å². The monoisotopic (exact) mass is 271 g/mol. The van der Waals surface area contributed by atoms with E-state index in [9.17, 15) is 4.79 Å². The van der Waals surface area contributed by atoms with Crippen LogP contribution >= 0.6 is 15.9 Å². The number of rotatable bonds is 4. The van der Waals surface area contributed by atoms with Crippen molar-refractivity contribution in [3.63, 3.8) is 0 Å². The molecule has 0 aromatic carbocycles. The minimum absolute atomic E-state index is 0.0111. The molecule has 1 aromatic heterocycles. The minimum atomic E-state index is -0.0111. The van der Waals surface area contributed by atoms with E-state index in [4.69, 9.17) is 0 Å². The van der Waals surface area contributed by atoms with Crippen LogP contribution in [-0.2, 0) is 4.79 Å². The first-order valence-corrected chi connectivity index (χ1v) is 5.74. The van der Waals surface area contributed by atoms with Crippen LogP contribution in [0.15, 0.2) is 18.5 Å². The molecule has 1 N–H and O–H groups in total. The van der Waals surface area contributed by atoms with Crippen molar-refractivity contribution in [3.05, 3.63) is 18.5 Å². The van der Waals surface area contributed by atoms with Gasteiger partial charge in [-0.2, -0.15) is 0 Å². The molecule has 0 saturated heterocycles. The van der Waals surface area contributed by atoms with Crippen molar-refractivity contribution in [1.29, 1.82) is 0 Å². The van der Waals surface area contributed by atoms with Crippen LogP contribution in [0.25, 0.3) is 0 Å². The number of hydrogen-bond acceptors (Lipinski definition) is 3. The number of aromatic nitrogens is 1. The summed E-state index contributed by atoms with van der Waals surface area (Å²) in [6.45, 7) is 0. The van der Waals surface area contributed by atoms with Crippen LogP contribution in [0.3, 0.4) is 0 Å². The number of nitrogens with one attached hydrogen (secondary N) is 1. The van der Waals surface area contributed by atoms with Gasteiger partial charge in [-0.25, -0.2) is 0 Å². The fourth-order valence-electron chi connectivity index (χ4n) is 1.17. The summed E-state index contributed by atoms with van der Waals surface area (Å²) in [6, 6.07) is 1.86. The van der Waals surface area contributed by atoms with Gasteiger partial charge in [0.05, 0.1) is 17.6 Å². The normalized spacial score (nSPS) is 9.80. The molecule has 0 fully saturated rings. The third kappa shape index (κ3) is 3.51. The molecule has 1 amide bonds. The van der Waals surface area contributed by atoms with E-state index in [1.54, 1.807) is 12.4 Å². The zero-order chi connectivity index (χ0) is 11.3. The number of alkyl halides is 1. The molecule has 0 aliphatic carbocycles. The number of carbonyl (C=O) groups is 1. The number of halogens is 1. The van der Waals surface area contributed by atoms with Gasteiger partial charge in [0.15, 0.2) is 0 Å². The van der Waals surface area contributed by atoms with Crippen LogP contribution in [0.4, 0.5) is 11.4 Å². The maximum atomic E-state index is 11.4. The molecule has 15 heavy (non-hydrogen) atoms. The van der Waals surface area contributed by atoms with E-state index in [0.717, 1.165) is 11.4 Å². The SMILES string of the molecule is CN(C)c1ccncc1NC(=O)CCBr. The molecule has 1 rings (SSSR count). The lowest BCUT2D eigenvalue weighted by molar-refractivity contribution is -0.115. The minimum Gasteiger partial charge on any atom is -0.376 e. The number of hydrogen-bond donors (Lipinski definition) is 1. The van der Waals surface area contributed by atoms with Crippen LogP contribution in [0.1, 0.15) is 6.42 Å². The summed E-state index contributed by atoms with van der Waals surface area (Å²) in [5.41, 5.74) is 1.70. The zero-order valence-corrected chi connectivity index (χ0v) is 10.4. The number of amides is 1. The van der Waals surface area contributed by atoms with Gasteiger partial charge in [0, 0.05) is 32.0 Å². The quantitative estimate of drug-likeness (QED) is 0.851. The second kappa shape index (κ2) is 5.70. The summed E-state index contributed by atoms with van der Waals surface area (Å²) in [4.78, 5) is 17.3. The Hall–Kier alpha value is -1.10. The van der Waals surface area contributed by atoms with Crippen LogP contribution in [0.5, 0.6) is 0 Å². The van der Waals surface area contributed by atoms with Gasteiger partial charge in [0.2, 0.25) is 5.91 Å². The van der Waals surface area contributed by atoms with Gasteiger partial charge in [0.1, 0.15) is 0 Å². The third-order valence-corrected chi connectivity index (χ3v) is 2.27. The molecule has 0 saturated carbocycles. The highest BCUT2D eigenvalue weighted by atomic mass is 79.9. The van der Waals surface area contributed by atoms with Crippen LogP contribution in [0.2, 0.25) is 0 Å². The second-order valence-corrected chi connectivity index (χ2v) is 4.07. The van der Waals surface area contributed by atoms with Crippen molar-refractivity contribution >= 4 is 33.2 Å². The van der Waals surface area contributed by atoms with Crippen LogP contribution in [-0.4, -0.2) is 30.3 Å². The van der Waals surface area contributed by atoms with E-state index in [1.807, 2.05) is 25.1 Å². The summed E-state index contributed by atoms with van der Waals surface area (Å²) < 4.78 is 0. The van der Waals surface area contributed by atoms with Gasteiger partial charge in [-0.15, -0.1) is 0 Å². The highest BCUT2D eigenvalue weighted by molar-refractivity contribution is 9.09. The van der Waals surface area contributed by atoms with Gasteiger partial charge in [-0.1, -0.05) is 15.9 Å². The average molecular weight is 272 g/mol. The Morgan fingerprint density at radius 1 is 1.60 bits per heavy atom. The molecular formula is C10H14BrN3O. The summed E-state index contributed by atoms with van der Waals surface area (Å²) >= 11 is 3.22. The van der Waals surface area contributed by atoms with Crippen molar-refractivity contribution in [3.8, 4) is 0 Å². The summed E-state index contributed by atoms with van der Waals surface area (Å²) in [6.07, 6.45) is 3.82. The van der Waals surface area contributed by atoms with E-state index in [1.165, 1.54) is 0 Å². The fourth-order valence-corrected chi connectivity index (χ4v) is 1.53. The Morgan fingerprint density at radius 3 is 2.93 bits per heavy atom. The predicted octanol–water partition coefficient (Wildman–Crippen LogP) is 1.87. The number of carbonyl (C=O) groups excluding carboxylic acids is 1. The van der Waals surface area contributed by atoms with Gasteiger partial charge < -0.3 is 10.2 Å². The number of anilines is 2. The first kappa shape index (κ1) is 12.0. The first-order valence-electron chi connectivity index (χ1n) is 4.62. The van der Waals surface area contributed by atoms with E-state index in [-0.39, 0.29) is 5.91 Å². The van der Waals surface area contributed by atoms with Crippen molar-refractivity contribution in [2.24, 2.45) is 0 Å². The maximum Gasteiger partial charge on any atom is 0.225 e. The van der Waals surface area contributed by atoms with E-state index < -0.39 is 0 Å². The highest BCUT2D eigenvalue weighted by Crippen LogP contribution is 2.22. The third-order valence-electron chi connectivity index (χ3n) is 1.88. The first-order chi connectivity index (χ1) is 7.15. The predicted molar refractivity (Wildman–Crippen MR) is 65.6 cm³/mol. The molecule has 0 spiro atoms. The van der Waals surface area contributed by atoms with Crippen molar-refractivity contribution in [2.75, 3.05) is 29.6 Å². The second-order valence-electron chi connectivity index (χ2n) is 3.27. The lowest BCUT2D eigenvalue weighted by Gasteiger charge is -2.16. The zero-order valence-electron chi connectivity index (χ0n) is 8.83. The highest BCUT2D eigenvalue weighted by Gasteiger charge is 2.07. The Kier molecular flexibility index (Phi) is 4.55. The van der Waals surface area contributed by atoms with Gasteiger partial charge >= 0.3 is 0 Å². The van der Waals surface area contributed by atoms with Crippen LogP contribution < -0.4 is 10.2 Å². The lowest BCUT2D eigenvalue weighted by Crippen LogP contribution is -2.16. The van der Waals surface area contributed by atoms with Crippen LogP contribution in [0, 0.1) is 0 Å². The molecular weight excluding hydrogens is 258 g/mol. The molecule has 0 aliphatic rings. The number of pyridine rings is 1. The molecule has 0 bridgehead atoms. The molecule has 0 unspecified atom stereocenters. The number of nitrogens with zero attached hydrogens (tertiary/aromatic N) is 2. The Bertz CT molecular complexity index is 341. The van der Waals surface area contributed by atoms with Gasteiger partial charge in [-0.3, -0.25) is 9.78 Å². The molecule has 4 nitrogen and oxygen atoms in total. The lowest BCUT2D eigenvalue weighted by atomic mass is 10.3. The molecule has 1 aromatic rings. The standard InChI is InChI=1S/C10H14BrN3O/c1-14(2)9-4-6-12-7-8(9)13-10(15)3-5-11/h4,6-7H,3,5H2,1-2H3,(H,13,15). The van der Waals surface area contributed by atoms with Gasteiger partial charge in [0.25, 0.3) is 0 Å². The molecule has 0 radical (unpaired) electrons. The average Bonchev–Trinajstić information content (AvgIpc) is 2.18. The summed E-state index contributed by atoms with van der Waals surface area (Å²) in [7, 11) is 3.85. The summed E-state index contributed by atoms with van der Waals surface area (Å²) in [5.74, 6) is -0.0111. The summed E-state index contributed by atoms with van der Waals surface area (Å²) in [5, 5.41) is 3.48. The molecule has 0 atom stereocenters. The topological polar surface area (TPSA) is 45.2 Å². The Morgan fingerprint density at radius 2 is 2.33 bits per heavy atom. The van der Waals surface area contributed by atoms with E-state index in [2.05, 4.69) is 26.2 Å². The molecule has 82 valence electrons. The van der Waals surface area contributed by atoms with Crippen molar-refractivity contribution < 1.29 is 4.79 Å². The maximum absolute atomic E-state index is 11.4. The molecule has 5 heteroatoms. The molecule has 0 aliphatic heterocycles. The van der Waals surface area contributed by atoms with Crippen molar-refractivity contribution in [2.45, 2.75) is 6.42 Å². The van der Waals surface area contributed by atoms with Crippen molar-refractivity contribution in [1.82, 2.24) is 4.98 Å². The van der Waals surface area contributed by atoms with Gasteiger partial charge in [-0.05, 0) is 6.07 Å². The smallest absolute Gasteiger partial charge is 0.225 e. The largest absolute Gasteiger partial charge is 0.376 e. The molecule has 1 heterocycles.